The van der Waals surface area contributed by atoms with Gasteiger partial charge in [-0.25, -0.2) is 0 Å². The molecule has 1 saturated heterocycles. The van der Waals surface area contributed by atoms with Gasteiger partial charge in [-0.2, -0.15) is 0 Å². The molecule has 0 bridgehead atoms. The Kier molecular flexibility index (Phi) is 4.22. The van der Waals surface area contributed by atoms with Crippen LogP contribution in [-0.4, -0.2) is 55.2 Å². The highest BCUT2D eigenvalue weighted by molar-refractivity contribution is 6.18. The number of alkyl halides is 1. The predicted molar refractivity (Wildman–Crippen MR) is 78.4 cm³/mol. The lowest BCUT2D eigenvalue weighted by Crippen LogP contribution is -2.49. The zero-order valence-electron chi connectivity index (χ0n) is 11.9. The van der Waals surface area contributed by atoms with E-state index in [9.17, 15) is 4.79 Å². The largest absolute Gasteiger partial charge is 0.486 e. The molecular weight excluding hydrogens is 294 g/mol. The molecule has 2 aliphatic rings. The van der Waals surface area contributed by atoms with Crippen LogP contribution in [0.25, 0.3) is 0 Å². The van der Waals surface area contributed by atoms with Crippen LogP contribution in [0.2, 0.25) is 0 Å². The molecule has 0 spiro atoms. The summed E-state index contributed by atoms with van der Waals surface area (Å²) in [5.41, 5.74) is 0.537. The normalized spacial score (nSPS) is 24.8. The zero-order chi connectivity index (χ0) is 14.8. The van der Waals surface area contributed by atoms with E-state index in [1.165, 1.54) is 0 Å². The molecule has 2 aliphatic heterocycles. The van der Waals surface area contributed by atoms with E-state index in [2.05, 4.69) is 0 Å². The summed E-state index contributed by atoms with van der Waals surface area (Å²) in [5.74, 6) is 1.47. The first-order chi connectivity index (χ1) is 10.2. The molecule has 114 valence electrons. The Morgan fingerprint density at radius 2 is 2.14 bits per heavy atom. The van der Waals surface area contributed by atoms with Gasteiger partial charge < -0.3 is 19.1 Å². The summed E-state index contributed by atoms with van der Waals surface area (Å²) in [6.45, 7) is 3.96. The van der Waals surface area contributed by atoms with Crippen molar-refractivity contribution in [2.45, 2.75) is 19.1 Å². The second-order valence-corrected chi connectivity index (χ2v) is 5.57. The Labute approximate surface area is 128 Å². The summed E-state index contributed by atoms with van der Waals surface area (Å²) in [7, 11) is 0. The van der Waals surface area contributed by atoms with Crippen molar-refractivity contribution in [2.75, 3.05) is 32.2 Å². The average molecular weight is 312 g/mol. The first kappa shape index (κ1) is 14.5. The monoisotopic (exact) mass is 311 g/mol. The van der Waals surface area contributed by atoms with E-state index in [-0.39, 0.29) is 18.1 Å². The second-order valence-electron chi connectivity index (χ2n) is 5.26. The molecule has 1 aromatic carbocycles. The maximum atomic E-state index is 12.8. The highest BCUT2D eigenvalue weighted by atomic mass is 35.5. The van der Waals surface area contributed by atoms with Crippen molar-refractivity contribution in [3.8, 4) is 11.5 Å². The molecule has 5 nitrogen and oxygen atoms in total. The van der Waals surface area contributed by atoms with E-state index < -0.39 is 0 Å². The van der Waals surface area contributed by atoms with Gasteiger partial charge in [0.25, 0.3) is 5.91 Å². The van der Waals surface area contributed by atoms with E-state index in [0.29, 0.717) is 49.2 Å². The van der Waals surface area contributed by atoms with Crippen LogP contribution in [-0.2, 0) is 4.74 Å². The Balaban J connectivity index is 1.85. The molecule has 2 heterocycles. The fraction of sp³-hybridized carbons (Fsp3) is 0.533. The van der Waals surface area contributed by atoms with Gasteiger partial charge in [-0.05, 0) is 19.1 Å². The SMILES string of the molecule is CC1CN(C(=O)c2cccc3c2OCCO3)CC(CCl)O1. The molecule has 1 amide bonds. The van der Waals surface area contributed by atoms with Crippen molar-refractivity contribution in [2.24, 2.45) is 0 Å². The number of nitrogens with zero attached hydrogens (tertiary/aromatic N) is 1. The summed E-state index contributed by atoms with van der Waals surface area (Å²) in [5, 5.41) is 0. The maximum Gasteiger partial charge on any atom is 0.257 e. The first-order valence-corrected chi connectivity index (χ1v) is 7.62. The summed E-state index contributed by atoms with van der Waals surface area (Å²) < 4.78 is 16.8. The van der Waals surface area contributed by atoms with Crippen LogP contribution in [0, 0.1) is 0 Å². The lowest BCUT2D eigenvalue weighted by Gasteiger charge is -2.36. The number of ether oxygens (including phenoxy) is 3. The molecular formula is C15H18ClNO4. The molecule has 3 rings (SSSR count). The third-order valence-electron chi connectivity index (χ3n) is 3.58. The van der Waals surface area contributed by atoms with Crippen molar-refractivity contribution in [1.82, 2.24) is 4.90 Å². The highest BCUT2D eigenvalue weighted by Crippen LogP contribution is 2.34. The molecule has 0 N–H and O–H groups in total. The number of halogens is 1. The molecule has 0 aromatic heterocycles. The Morgan fingerprint density at radius 3 is 2.95 bits per heavy atom. The number of rotatable bonds is 2. The lowest BCUT2D eigenvalue weighted by molar-refractivity contribution is -0.0571. The summed E-state index contributed by atoms with van der Waals surface area (Å²) in [4.78, 5) is 14.5. The topological polar surface area (TPSA) is 48.0 Å². The van der Waals surface area contributed by atoms with Crippen LogP contribution in [0.1, 0.15) is 17.3 Å². The molecule has 0 radical (unpaired) electrons. The number of carbonyl (C=O) groups excluding carboxylic acids is 1. The van der Waals surface area contributed by atoms with Gasteiger partial charge in [0.05, 0.1) is 23.7 Å². The maximum absolute atomic E-state index is 12.8. The predicted octanol–water partition coefficient (Wildman–Crippen LogP) is 1.93. The quantitative estimate of drug-likeness (QED) is 0.783. The number of benzene rings is 1. The average Bonchev–Trinajstić information content (AvgIpc) is 2.53. The van der Waals surface area contributed by atoms with Gasteiger partial charge in [0.1, 0.15) is 13.2 Å². The number of amides is 1. The lowest BCUT2D eigenvalue weighted by atomic mass is 10.1. The van der Waals surface area contributed by atoms with E-state index in [1.54, 1.807) is 11.0 Å². The van der Waals surface area contributed by atoms with Crippen LogP contribution in [0.5, 0.6) is 11.5 Å². The van der Waals surface area contributed by atoms with Crippen LogP contribution >= 0.6 is 11.6 Å². The molecule has 0 aliphatic carbocycles. The smallest absolute Gasteiger partial charge is 0.257 e. The number of hydrogen-bond acceptors (Lipinski definition) is 4. The number of hydrogen-bond donors (Lipinski definition) is 0. The molecule has 2 unspecified atom stereocenters. The van der Waals surface area contributed by atoms with Gasteiger partial charge >= 0.3 is 0 Å². The fourth-order valence-electron chi connectivity index (χ4n) is 2.71. The van der Waals surface area contributed by atoms with Crippen molar-refractivity contribution in [3.63, 3.8) is 0 Å². The zero-order valence-corrected chi connectivity index (χ0v) is 12.6. The minimum atomic E-state index is -0.129. The minimum absolute atomic E-state index is 0.0249. The van der Waals surface area contributed by atoms with Crippen molar-refractivity contribution < 1.29 is 19.0 Å². The second kappa shape index (κ2) is 6.12. The summed E-state index contributed by atoms with van der Waals surface area (Å²) in [6, 6.07) is 5.39. The molecule has 0 saturated carbocycles. The number of para-hydroxylation sites is 1. The van der Waals surface area contributed by atoms with E-state index in [4.69, 9.17) is 25.8 Å². The van der Waals surface area contributed by atoms with Crippen LogP contribution < -0.4 is 9.47 Å². The molecule has 2 atom stereocenters. The standard InChI is InChI=1S/C15H18ClNO4/c1-10-8-17(9-11(7-16)21-10)15(18)12-3-2-4-13-14(12)20-6-5-19-13/h2-4,10-11H,5-9H2,1H3. The molecule has 21 heavy (non-hydrogen) atoms. The van der Waals surface area contributed by atoms with E-state index in [0.717, 1.165) is 0 Å². The van der Waals surface area contributed by atoms with Crippen molar-refractivity contribution in [3.05, 3.63) is 23.8 Å². The Bertz CT molecular complexity index is 536. The third-order valence-corrected chi connectivity index (χ3v) is 3.93. The van der Waals surface area contributed by atoms with Gasteiger partial charge in [0, 0.05) is 13.1 Å². The van der Waals surface area contributed by atoms with Crippen molar-refractivity contribution in [1.29, 1.82) is 0 Å². The molecule has 1 aromatic rings. The van der Waals surface area contributed by atoms with Gasteiger partial charge in [-0.15, -0.1) is 11.6 Å². The van der Waals surface area contributed by atoms with Gasteiger partial charge in [0.15, 0.2) is 11.5 Å². The van der Waals surface area contributed by atoms with Crippen LogP contribution in [0.15, 0.2) is 18.2 Å². The fourth-order valence-corrected chi connectivity index (χ4v) is 2.88. The van der Waals surface area contributed by atoms with Crippen LogP contribution in [0.3, 0.4) is 0 Å². The third kappa shape index (κ3) is 2.94. The number of carbonyl (C=O) groups is 1. The highest BCUT2D eigenvalue weighted by Gasteiger charge is 2.31. The van der Waals surface area contributed by atoms with E-state index in [1.807, 2.05) is 19.1 Å². The Morgan fingerprint density at radius 1 is 1.33 bits per heavy atom. The molecule has 1 fully saturated rings. The first-order valence-electron chi connectivity index (χ1n) is 7.08. The summed E-state index contributed by atoms with van der Waals surface area (Å²) in [6.07, 6.45) is -0.153. The Hall–Kier alpha value is -1.46. The van der Waals surface area contributed by atoms with Crippen LogP contribution in [0.4, 0.5) is 0 Å². The van der Waals surface area contributed by atoms with Gasteiger partial charge in [0.2, 0.25) is 0 Å². The van der Waals surface area contributed by atoms with E-state index >= 15 is 0 Å². The number of morpholine rings is 1. The minimum Gasteiger partial charge on any atom is -0.486 e. The van der Waals surface area contributed by atoms with Crippen molar-refractivity contribution >= 4 is 17.5 Å². The molecule has 6 heteroatoms. The number of fused-ring (bicyclic) bond motifs is 1. The van der Waals surface area contributed by atoms with Gasteiger partial charge in [-0.3, -0.25) is 4.79 Å². The van der Waals surface area contributed by atoms with Gasteiger partial charge in [-0.1, -0.05) is 6.07 Å². The summed E-state index contributed by atoms with van der Waals surface area (Å²) >= 11 is 5.87.